The SMILES string of the molecule is CCOC(=O)[C@H](CCCN=C(N)N)NS(=O)(=O)c1ccc(C)cc1. The quantitative estimate of drug-likeness (QED) is 0.251. The second-order valence-electron chi connectivity index (χ2n) is 5.19. The third-order valence-electron chi connectivity index (χ3n) is 3.15. The number of sulfonamides is 1. The molecule has 1 rings (SSSR count). The fraction of sp³-hybridized carbons (Fsp3) is 0.467. The van der Waals surface area contributed by atoms with E-state index < -0.39 is 22.0 Å². The van der Waals surface area contributed by atoms with Crippen molar-refractivity contribution in [2.75, 3.05) is 13.2 Å². The standard InChI is InChI=1S/C15H24N4O4S/c1-3-23-14(20)13(5-4-10-18-15(16)17)19-24(21,22)12-8-6-11(2)7-9-12/h6-9,13,19H,3-5,10H2,1-2H3,(H4,16,17,18)/t13-/m0/s1. The van der Waals surface area contributed by atoms with Crippen molar-refractivity contribution in [2.45, 2.75) is 37.6 Å². The molecule has 0 heterocycles. The Bertz CT molecular complexity index is 667. The first-order valence-corrected chi connectivity index (χ1v) is 9.05. The number of carbonyl (C=O) groups is 1. The molecule has 5 N–H and O–H groups in total. The highest BCUT2D eigenvalue weighted by Gasteiger charge is 2.26. The molecule has 0 saturated carbocycles. The molecule has 0 aromatic heterocycles. The molecule has 0 aliphatic heterocycles. The van der Waals surface area contributed by atoms with Crippen molar-refractivity contribution in [2.24, 2.45) is 16.5 Å². The van der Waals surface area contributed by atoms with Gasteiger partial charge in [0.1, 0.15) is 6.04 Å². The average molecular weight is 356 g/mol. The Morgan fingerprint density at radius 2 is 1.92 bits per heavy atom. The van der Waals surface area contributed by atoms with E-state index in [0.717, 1.165) is 5.56 Å². The van der Waals surface area contributed by atoms with Gasteiger partial charge in [0.05, 0.1) is 11.5 Å². The van der Waals surface area contributed by atoms with Crippen LogP contribution >= 0.6 is 0 Å². The Balaban J connectivity index is 2.84. The lowest BCUT2D eigenvalue weighted by atomic mass is 10.2. The first-order valence-electron chi connectivity index (χ1n) is 7.57. The molecule has 0 unspecified atom stereocenters. The molecule has 1 atom stereocenters. The molecular formula is C15H24N4O4S. The summed E-state index contributed by atoms with van der Waals surface area (Å²) in [6.07, 6.45) is 0.651. The van der Waals surface area contributed by atoms with Gasteiger partial charge in [0, 0.05) is 6.54 Å². The maximum Gasteiger partial charge on any atom is 0.324 e. The van der Waals surface area contributed by atoms with Crippen LogP contribution in [0.25, 0.3) is 0 Å². The number of carbonyl (C=O) groups excluding carboxylic acids is 1. The zero-order valence-electron chi connectivity index (χ0n) is 13.9. The molecule has 0 aliphatic rings. The summed E-state index contributed by atoms with van der Waals surface area (Å²) in [5.41, 5.74) is 11.4. The summed E-state index contributed by atoms with van der Waals surface area (Å²) in [7, 11) is -3.83. The summed E-state index contributed by atoms with van der Waals surface area (Å²) in [6.45, 7) is 3.97. The van der Waals surface area contributed by atoms with Crippen molar-refractivity contribution in [1.82, 2.24) is 4.72 Å². The summed E-state index contributed by atoms with van der Waals surface area (Å²) in [6, 6.07) is 5.35. The maximum absolute atomic E-state index is 12.4. The van der Waals surface area contributed by atoms with Crippen LogP contribution in [0.15, 0.2) is 34.2 Å². The molecule has 0 radical (unpaired) electrons. The molecule has 0 bridgehead atoms. The number of hydrogen-bond acceptors (Lipinski definition) is 5. The fourth-order valence-electron chi connectivity index (χ4n) is 1.94. The molecule has 0 aliphatic carbocycles. The molecule has 8 nitrogen and oxygen atoms in total. The van der Waals surface area contributed by atoms with Crippen LogP contribution in [-0.2, 0) is 19.6 Å². The number of esters is 1. The normalized spacial score (nSPS) is 12.4. The van der Waals surface area contributed by atoms with Crippen LogP contribution in [0, 0.1) is 6.92 Å². The first-order chi connectivity index (χ1) is 11.3. The monoisotopic (exact) mass is 356 g/mol. The molecule has 0 saturated heterocycles. The number of benzene rings is 1. The van der Waals surface area contributed by atoms with Gasteiger partial charge in [-0.25, -0.2) is 8.42 Å². The van der Waals surface area contributed by atoms with Crippen molar-refractivity contribution in [3.63, 3.8) is 0 Å². The minimum atomic E-state index is -3.83. The van der Waals surface area contributed by atoms with Gasteiger partial charge in [-0.2, -0.15) is 4.72 Å². The van der Waals surface area contributed by atoms with Gasteiger partial charge < -0.3 is 16.2 Å². The number of nitrogens with zero attached hydrogens (tertiary/aromatic N) is 1. The van der Waals surface area contributed by atoms with E-state index in [-0.39, 0.29) is 23.9 Å². The summed E-state index contributed by atoms with van der Waals surface area (Å²) >= 11 is 0. The van der Waals surface area contributed by atoms with Crippen LogP contribution in [0.5, 0.6) is 0 Å². The maximum atomic E-state index is 12.4. The van der Waals surface area contributed by atoms with Crippen LogP contribution in [-0.4, -0.2) is 39.5 Å². The lowest BCUT2D eigenvalue weighted by Gasteiger charge is -2.17. The molecule has 24 heavy (non-hydrogen) atoms. The van der Waals surface area contributed by atoms with Crippen LogP contribution in [0.2, 0.25) is 0 Å². The highest BCUT2D eigenvalue weighted by atomic mass is 32.2. The van der Waals surface area contributed by atoms with Crippen molar-refractivity contribution in [3.8, 4) is 0 Å². The van der Waals surface area contributed by atoms with E-state index in [4.69, 9.17) is 16.2 Å². The molecule has 9 heteroatoms. The van der Waals surface area contributed by atoms with Crippen LogP contribution in [0.3, 0.4) is 0 Å². The second kappa shape index (κ2) is 9.24. The van der Waals surface area contributed by atoms with Gasteiger partial charge in [-0.1, -0.05) is 17.7 Å². The zero-order valence-corrected chi connectivity index (χ0v) is 14.7. The van der Waals surface area contributed by atoms with Crippen LogP contribution in [0.1, 0.15) is 25.3 Å². The van der Waals surface area contributed by atoms with Crippen molar-refractivity contribution >= 4 is 22.0 Å². The van der Waals surface area contributed by atoms with E-state index in [9.17, 15) is 13.2 Å². The number of nitrogens with two attached hydrogens (primary N) is 2. The number of guanidine groups is 1. The molecule has 134 valence electrons. The number of hydrogen-bond donors (Lipinski definition) is 3. The Morgan fingerprint density at radius 3 is 2.46 bits per heavy atom. The van der Waals surface area contributed by atoms with Crippen molar-refractivity contribution in [1.29, 1.82) is 0 Å². The van der Waals surface area contributed by atoms with E-state index >= 15 is 0 Å². The fourth-order valence-corrected chi connectivity index (χ4v) is 3.16. The number of aryl methyl sites for hydroxylation is 1. The smallest absolute Gasteiger partial charge is 0.324 e. The lowest BCUT2D eigenvalue weighted by molar-refractivity contribution is -0.145. The minimum Gasteiger partial charge on any atom is -0.465 e. The third-order valence-corrected chi connectivity index (χ3v) is 4.63. The van der Waals surface area contributed by atoms with Gasteiger partial charge in [0.15, 0.2) is 5.96 Å². The number of aliphatic imine (C=N–C) groups is 1. The minimum absolute atomic E-state index is 0.0529. The molecule has 0 spiro atoms. The zero-order chi connectivity index (χ0) is 18.2. The third kappa shape index (κ3) is 6.55. The largest absolute Gasteiger partial charge is 0.465 e. The Kier molecular flexibility index (Phi) is 7.66. The average Bonchev–Trinajstić information content (AvgIpc) is 2.50. The highest BCUT2D eigenvalue weighted by Crippen LogP contribution is 2.12. The Labute approximate surface area is 142 Å². The Morgan fingerprint density at radius 1 is 1.29 bits per heavy atom. The van der Waals surface area contributed by atoms with Gasteiger partial charge in [-0.05, 0) is 38.8 Å². The van der Waals surface area contributed by atoms with Crippen LogP contribution < -0.4 is 16.2 Å². The topological polar surface area (TPSA) is 137 Å². The van der Waals surface area contributed by atoms with E-state index in [1.54, 1.807) is 19.1 Å². The molecule has 0 amide bonds. The van der Waals surface area contributed by atoms with E-state index in [2.05, 4.69) is 9.71 Å². The molecule has 0 fully saturated rings. The molecule has 1 aromatic rings. The molecular weight excluding hydrogens is 332 g/mol. The lowest BCUT2D eigenvalue weighted by Crippen LogP contribution is -2.42. The predicted octanol–water partition coefficient (Wildman–Crippen LogP) is 0.259. The van der Waals surface area contributed by atoms with Gasteiger partial charge in [0.25, 0.3) is 0 Å². The summed E-state index contributed by atoms with van der Waals surface area (Å²) in [5.74, 6) is -0.680. The van der Waals surface area contributed by atoms with E-state index in [0.29, 0.717) is 13.0 Å². The number of ether oxygens (including phenoxy) is 1. The second-order valence-corrected chi connectivity index (χ2v) is 6.90. The van der Waals surface area contributed by atoms with Gasteiger partial charge in [-0.3, -0.25) is 9.79 Å². The first kappa shape index (κ1) is 19.9. The van der Waals surface area contributed by atoms with Crippen molar-refractivity contribution in [3.05, 3.63) is 29.8 Å². The van der Waals surface area contributed by atoms with Crippen LogP contribution in [0.4, 0.5) is 0 Å². The molecule has 1 aromatic carbocycles. The van der Waals surface area contributed by atoms with E-state index in [1.165, 1.54) is 12.1 Å². The van der Waals surface area contributed by atoms with Gasteiger partial charge in [-0.15, -0.1) is 0 Å². The summed E-state index contributed by atoms with van der Waals surface area (Å²) < 4.78 is 32.2. The van der Waals surface area contributed by atoms with Gasteiger partial charge >= 0.3 is 5.97 Å². The van der Waals surface area contributed by atoms with E-state index in [1.807, 2.05) is 6.92 Å². The predicted molar refractivity (Wildman–Crippen MR) is 91.8 cm³/mol. The number of nitrogens with one attached hydrogen (secondary N) is 1. The summed E-state index contributed by atoms with van der Waals surface area (Å²) in [5, 5.41) is 0. The highest BCUT2D eigenvalue weighted by molar-refractivity contribution is 7.89. The van der Waals surface area contributed by atoms with Crippen molar-refractivity contribution < 1.29 is 17.9 Å². The van der Waals surface area contributed by atoms with Gasteiger partial charge in [0.2, 0.25) is 10.0 Å². The number of rotatable bonds is 9. The Hall–Kier alpha value is -2.13. The summed E-state index contributed by atoms with van der Waals surface area (Å²) in [4.78, 5) is 15.9.